The second-order valence-electron chi connectivity index (χ2n) is 8.41. The second kappa shape index (κ2) is 7.16. The molecule has 27 heavy (non-hydrogen) atoms. The van der Waals surface area contributed by atoms with Gasteiger partial charge in [0.05, 0.1) is 13.0 Å². The topological polar surface area (TPSA) is 47.6 Å². The number of rotatable bonds is 5. The Morgan fingerprint density at radius 2 is 2.07 bits per heavy atom. The summed E-state index contributed by atoms with van der Waals surface area (Å²) in [5, 5.41) is 3.45. The number of benzene rings is 1. The molecule has 4 rings (SSSR count). The largest absolute Gasteiger partial charge is 0.497 e. The van der Waals surface area contributed by atoms with Crippen molar-refractivity contribution in [2.75, 3.05) is 13.7 Å². The van der Waals surface area contributed by atoms with Gasteiger partial charge in [0, 0.05) is 19.0 Å². The van der Waals surface area contributed by atoms with E-state index in [1.54, 1.807) is 7.11 Å². The number of allylic oxidation sites excluding steroid dienone is 3. The third kappa shape index (κ3) is 3.43. The number of hydrogen-bond acceptors (Lipinski definition) is 4. The number of carbonyl (C=O) groups is 1. The zero-order chi connectivity index (χ0) is 19.0. The standard InChI is InChI=1S/C23H29NO3/c1-15-5-4-10-23(2)12-21-18(11-20(15)23)19(22(25)27-21)14-24-13-16-6-8-17(26-3)9-7-16/h5-9,11,18-19,21,24H,4,10,12-14H2,1-3H3/t18-,19-,21+,23-/m0/s1. The van der Waals surface area contributed by atoms with E-state index in [4.69, 9.17) is 9.47 Å². The highest BCUT2D eigenvalue weighted by Gasteiger charge is 2.50. The summed E-state index contributed by atoms with van der Waals surface area (Å²) in [4.78, 5) is 12.5. The molecular weight excluding hydrogens is 338 g/mol. The number of nitrogens with one attached hydrogen (secondary N) is 1. The summed E-state index contributed by atoms with van der Waals surface area (Å²) in [6, 6.07) is 8.01. The molecule has 0 amide bonds. The quantitative estimate of drug-likeness (QED) is 0.799. The van der Waals surface area contributed by atoms with Crippen LogP contribution in [0.3, 0.4) is 0 Å². The first-order valence-corrected chi connectivity index (χ1v) is 9.94. The number of ether oxygens (including phenoxy) is 2. The van der Waals surface area contributed by atoms with Gasteiger partial charge in [0.2, 0.25) is 0 Å². The molecule has 4 nitrogen and oxygen atoms in total. The molecule has 2 aliphatic carbocycles. The predicted octanol–water partition coefficient (Wildman–Crippen LogP) is 4.02. The van der Waals surface area contributed by atoms with Crippen LogP contribution in [0.5, 0.6) is 5.75 Å². The Kier molecular flexibility index (Phi) is 4.85. The molecule has 4 heteroatoms. The van der Waals surface area contributed by atoms with Gasteiger partial charge in [0.25, 0.3) is 0 Å². The van der Waals surface area contributed by atoms with E-state index in [1.165, 1.54) is 16.7 Å². The Labute approximate surface area is 161 Å². The van der Waals surface area contributed by atoms with Gasteiger partial charge in [-0.05, 0) is 54.9 Å². The van der Waals surface area contributed by atoms with E-state index in [1.807, 2.05) is 24.3 Å². The van der Waals surface area contributed by atoms with Crippen molar-refractivity contribution in [2.45, 2.75) is 45.8 Å². The number of fused-ring (bicyclic) bond motifs is 2. The van der Waals surface area contributed by atoms with Crippen LogP contribution in [0.25, 0.3) is 0 Å². The number of hydrogen-bond donors (Lipinski definition) is 1. The minimum atomic E-state index is -0.0972. The SMILES string of the molecule is COc1ccc(CNC[C@@H]2C(=O)O[C@@H]3C[C@]4(C)CCC=C(C)C4=C[C@@H]23)cc1. The van der Waals surface area contributed by atoms with Gasteiger partial charge in [-0.3, -0.25) is 4.79 Å². The van der Waals surface area contributed by atoms with Crippen LogP contribution in [0, 0.1) is 17.3 Å². The number of carbonyl (C=O) groups excluding carboxylic acids is 1. The van der Waals surface area contributed by atoms with E-state index in [0.717, 1.165) is 31.6 Å². The summed E-state index contributed by atoms with van der Waals surface area (Å²) >= 11 is 0. The van der Waals surface area contributed by atoms with E-state index in [-0.39, 0.29) is 29.3 Å². The molecule has 1 heterocycles. The van der Waals surface area contributed by atoms with Gasteiger partial charge >= 0.3 is 5.97 Å². The maximum Gasteiger partial charge on any atom is 0.311 e. The summed E-state index contributed by atoms with van der Waals surface area (Å²) in [5.41, 5.74) is 4.16. The Bertz CT molecular complexity index is 779. The van der Waals surface area contributed by atoms with Crippen LogP contribution in [0.4, 0.5) is 0 Å². The molecule has 144 valence electrons. The molecule has 1 N–H and O–H groups in total. The van der Waals surface area contributed by atoms with Crippen LogP contribution >= 0.6 is 0 Å². The van der Waals surface area contributed by atoms with E-state index in [2.05, 4.69) is 31.3 Å². The molecule has 0 bridgehead atoms. The lowest BCUT2D eigenvalue weighted by molar-refractivity contribution is -0.145. The summed E-state index contributed by atoms with van der Waals surface area (Å²) in [7, 11) is 1.67. The molecule has 0 aromatic heterocycles. The van der Waals surface area contributed by atoms with Crippen molar-refractivity contribution < 1.29 is 14.3 Å². The maximum absolute atomic E-state index is 12.5. The summed E-state index contributed by atoms with van der Waals surface area (Å²) in [6.45, 7) is 5.92. The lowest BCUT2D eigenvalue weighted by atomic mass is 9.62. The minimum Gasteiger partial charge on any atom is -0.497 e. The fourth-order valence-electron chi connectivity index (χ4n) is 4.98. The zero-order valence-corrected chi connectivity index (χ0v) is 16.5. The van der Waals surface area contributed by atoms with Gasteiger partial charge in [-0.25, -0.2) is 0 Å². The second-order valence-corrected chi connectivity index (χ2v) is 8.41. The molecule has 0 saturated carbocycles. The van der Waals surface area contributed by atoms with Crippen molar-refractivity contribution in [3.63, 3.8) is 0 Å². The first kappa shape index (κ1) is 18.3. The van der Waals surface area contributed by atoms with Crippen molar-refractivity contribution in [3.05, 3.63) is 53.1 Å². The molecule has 4 atom stereocenters. The zero-order valence-electron chi connectivity index (χ0n) is 16.5. The Morgan fingerprint density at radius 1 is 1.30 bits per heavy atom. The van der Waals surface area contributed by atoms with Gasteiger partial charge in [0.1, 0.15) is 11.9 Å². The third-order valence-corrected chi connectivity index (χ3v) is 6.55. The highest BCUT2D eigenvalue weighted by molar-refractivity contribution is 5.76. The van der Waals surface area contributed by atoms with Gasteiger partial charge in [-0.1, -0.05) is 36.8 Å². The molecule has 1 aromatic rings. The molecular formula is C23H29NO3. The first-order valence-electron chi connectivity index (χ1n) is 9.94. The summed E-state index contributed by atoms with van der Waals surface area (Å²) < 4.78 is 11.0. The molecule has 0 unspecified atom stereocenters. The summed E-state index contributed by atoms with van der Waals surface area (Å²) in [5.74, 6) is 0.895. The molecule has 0 radical (unpaired) electrons. The van der Waals surface area contributed by atoms with Gasteiger partial charge in [-0.15, -0.1) is 0 Å². The van der Waals surface area contributed by atoms with Gasteiger partial charge in [-0.2, -0.15) is 0 Å². The molecule has 1 saturated heterocycles. The number of esters is 1. The van der Waals surface area contributed by atoms with Crippen LogP contribution in [-0.4, -0.2) is 25.7 Å². The smallest absolute Gasteiger partial charge is 0.311 e. The van der Waals surface area contributed by atoms with Crippen LogP contribution < -0.4 is 10.1 Å². The van der Waals surface area contributed by atoms with Crippen LogP contribution in [0.2, 0.25) is 0 Å². The van der Waals surface area contributed by atoms with Crippen LogP contribution in [0.1, 0.15) is 38.7 Å². The Morgan fingerprint density at radius 3 is 2.81 bits per heavy atom. The monoisotopic (exact) mass is 367 g/mol. The predicted molar refractivity (Wildman–Crippen MR) is 105 cm³/mol. The van der Waals surface area contributed by atoms with Crippen molar-refractivity contribution in [1.29, 1.82) is 0 Å². The van der Waals surface area contributed by atoms with E-state index < -0.39 is 0 Å². The van der Waals surface area contributed by atoms with Gasteiger partial charge < -0.3 is 14.8 Å². The lowest BCUT2D eigenvalue weighted by Crippen LogP contribution is -2.38. The van der Waals surface area contributed by atoms with Crippen molar-refractivity contribution in [2.24, 2.45) is 17.3 Å². The number of methoxy groups -OCH3 is 1. The highest BCUT2D eigenvalue weighted by atomic mass is 16.6. The van der Waals surface area contributed by atoms with Crippen molar-refractivity contribution in [3.8, 4) is 5.75 Å². The van der Waals surface area contributed by atoms with Crippen molar-refractivity contribution >= 4 is 5.97 Å². The average Bonchev–Trinajstić information content (AvgIpc) is 2.95. The van der Waals surface area contributed by atoms with E-state index in [9.17, 15) is 4.79 Å². The van der Waals surface area contributed by atoms with E-state index >= 15 is 0 Å². The molecule has 3 aliphatic rings. The highest BCUT2D eigenvalue weighted by Crippen LogP contribution is 2.52. The first-order chi connectivity index (χ1) is 13.0. The molecule has 1 aromatic carbocycles. The minimum absolute atomic E-state index is 0.0323. The molecule has 1 fully saturated rings. The van der Waals surface area contributed by atoms with Crippen molar-refractivity contribution in [1.82, 2.24) is 5.32 Å². The van der Waals surface area contributed by atoms with Crippen LogP contribution in [-0.2, 0) is 16.1 Å². The Balaban J connectivity index is 1.44. The lowest BCUT2D eigenvalue weighted by Gasteiger charge is -2.42. The maximum atomic E-state index is 12.5. The van der Waals surface area contributed by atoms with E-state index in [0.29, 0.717) is 6.54 Å². The fourth-order valence-corrected chi connectivity index (χ4v) is 4.98. The fraction of sp³-hybridized carbons (Fsp3) is 0.522. The van der Waals surface area contributed by atoms with Crippen LogP contribution in [0.15, 0.2) is 47.6 Å². The molecule has 1 aliphatic heterocycles. The Hall–Kier alpha value is -2.07. The summed E-state index contributed by atoms with van der Waals surface area (Å²) in [6.07, 6.45) is 7.95. The van der Waals surface area contributed by atoms with Gasteiger partial charge in [0.15, 0.2) is 0 Å². The average molecular weight is 367 g/mol. The normalized spacial score (nSPS) is 32.1. The molecule has 0 spiro atoms. The third-order valence-electron chi connectivity index (χ3n) is 6.55.